The molecule has 0 aliphatic rings. The number of nitrogens with one attached hydrogen (secondary N) is 1. The van der Waals surface area contributed by atoms with Crippen LogP contribution in [-0.4, -0.2) is 15.9 Å². The summed E-state index contributed by atoms with van der Waals surface area (Å²) in [5.74, 6) is -0.203. The lowest BCUT2D eigenvalue weighted by Gasteiger charge is -2.09. The van der Waals surface area contributed by atoms with Gasteiger partial charge in [-0.2, -0.15) is 0 Å². The summed E-state index contributed by atoms with van der Waals surface area (Å²) in [7, 11) is 0. The maximum absolute atomic E-state index is 11.5. The number of carbonyl (C=O) groups excluding carboxylic acids is 1. The van der Waals surface area contributed by atoms with Gasteiger partial charge in [0.15, 0.2) is 0 Å². The van der Waals surface area contributed by atoms with Gasteiger partial charge in [-0.05, 0) is 26.0 Å². The van der Waals surface area contributed by atoms with E-state index >= 15 is 0 Å². The standard InChI is InChI=1S/C10H13N3OS/c1-6-4-3-5-8(12-6)13-10(14)7(2)9(11)15/h3-5,7H,1-2H3,(H2,11,15)(H,12,13,14). The van der Waals surface area contributed by atoms with Crippen LogP contribution in [0.2, 0.25) is 0 Å². The van der Waals surface area contributed by atoms with Crippen LogP contribution in [0.5, 0.6) is 0 Å². The molecule has 0 spiro atoms. The van der Waals surface area contributed by atoms with Crippen LogP contribution in [0.15, 0.2) is 18.2 Å². The molecule has 1 heterocycles. The van der Waals surface area contributed by atoms with Gasteiger partial charge in [0, 0.05) is 5.69 Å². The van der Waals surface area contributed by atoms with Crippen molar-refractivity contribution in [1.29, 1.82) is 0 Å². The van der Waals surface area contributed by atoms with Crippen LogP contribution in [0.3, 0.4) is 0 Å². The molecule has 15 heavy (non-hydrogen) atoms. The Bertz CT molecular complexity index is 392. The van der Waals surface area contributed by atoms with E-state index in [1.807, 2.05) is 19.1 Å². The average Bonchev–Trinajstić information content (AvgIpc) is 2.16. The normalized spacial score (nSPS) is 11.9. The van der Waals surface area contributed by atoms with Crippen molar-refractivity contribution < 1.29 is 4.79 Å². The highest BCUT2D eigenvalue weighted by atomic mass is 32.1. The van der Waals surface area contributed by atoms with E-state index in [1.54, 1.807) is 13.0 Å². The van der Waals surface area contributed by atoms with Gasteiger partial charge < -0.3 is 11.1 Å². The highest BCUT2D eigenvalue weighted by Crippen LogP contribution is 2.06. The Morgan fingerprint density at radius 2 is 2.27 bits per heavy atom. The molecule has 5 heteroatoms. The van der Waals surface area contributed by atoms with Gasteiger partial charge in [0.05, 0.1) is 10.9 Å². The van der Waals surface area contributed by atoms with Crippen LogP contribution >= 0.6 is 12.2 Å². The summed E-state index contributed by atoms with van der Waals surface area (Å²) in [6.07, 6.45) is 0. The molecule has 1 rings (SSSR count). The van der Waals surface area contributed by atoms with Gasteiger partial charge in [0.1, 0.15) is 5.82 Å². The van der Waals surface area contributed by atoms with E-state index < -0.39 is 5.92 Å². The Morgan fingerprint density at radius 1 is 1.60 bits per heavy atom. The molecule has 0 aromatic carbocycles. The number of hydrogen-bond donors (Lipinski definition) is 2. The molecule has 4 nitrogen and oxygen atoms in total. The Kier molecular flexibility index (Phi) is 3.74. The summed E-state index contributed by atoms with van der Waals surface area (Å²) in [5.41, 5.74) is 6.21. The fraction of sp³-hybridized carbons (Fsp3) is 0.300. The predicted molar refractivity (Wildman–Crippen MR) is 63.6 cm³/mol. The Labute approximate surface area is 93.9 Å². The zero-order valence-electron chi connectivity index (χ0n) is 8.65. The zero-order valence-corrected chi connectivity index (χ0v) is 9.47. The molecule has 1 atom stereocenters. The molecule has 0 bridgehead atoms. The SMILES string of the molecule is Cc1cccc(NC(=O)C(C)C(N)=S)n1. The fourth-order valence-electron chi connectivity index (χ4n) is 0.976. The number of carbonyl (C=O) groups is 1. The van der Waals surface area contributed by atoms with Gasteiger partial charge in [-0.15, -0.1) is 0 Å². The number of thiocarbonyl (C=S) groups is 1. The second-order valence-corrected chi connectivity index (χ2v) is 3.75. The number of amides is 1. The molecule has 1 unspecified atom stereocenters. The molecule has 1 amide bonds. The van der Waals surface area contributed by atoms with Gasteiger partial charge in [-0.3, -0.25) is 4.79 Å². The lowest BCUT2D eigenvalue weighted by Crippen LogP contribution is -2.31. The van der Waals surface area contributed by atoms with E-state index in [2.05, 4.69) is 10.3 Å². The molecule has 1 aromatic rings. The summed E-state index contributed by atoms with van der Waals surface area (Å²) in [6.45, 7) is 3.51. The van der Waals surface area contributed by atoms with Crippen LogP contribution in [0.4, 0.5) is 5.82 Å². The first kappa shape index (κ1) is 11.6. The number of nitrogens with two attached hydrogens (primary N) is 1. The molecular formula is C10H13N3OS. The van der Waals surface area contributed by atoms with Gasteiger partial charge in [0.2, 0.25) is 5.91 Å². The monoisotopic (exact) mass is 223 g/mol. The smallest absolute Gasteiger partial charge is 0.235 e. The largest absolute Gasteiger partial charge is 0.393 e. The minimum atomic E-state index is -0.484. The molecule has 0 saturated carbocycles. The molecule has 0 aliphatic carbocycles. The number of aryl methyl sites for hydroxylation is 1. The minimum absolute atomic E-state index is 0.181. The molecular weight excluding hydrogens is 210 g/mol. The van der Waals surface area contributed by atoms with Gasteiger partial charge in [0.25, 0.3) is 0 Å². The lowest BCUT2D eigenvalue weighted by atomic mass is 10.1. The van der Waals surface area contributed by atoms with Crippen molar-refractivity contribution in [3.05, 3.63) is 23.9 Å². The number of hydrogen-bond acceptors (Lipinski definition) is 3. The summed E-state index contributed by atoms with van der Waals surface area (Å²) in [5, 5.41) is 2.65. The van der Waals surface area contributed by atoms with Crippen molar-refractivity contribution in [3.63, 3.8) is 0 Å². The highest BCUT2D eigenvalue weighted by Gasteiger charge is 2.15. The van der Waals surface area contributed by atoms with E-state index in [0.717, 1.165) is 5.69 Å². The molecule has 1 aromatic heterocycles. The van der Waals surface area contributed by atoms with E-state index in [-0.39, 0.29) is 10.9 Å². The molecule has 3 N–H and O–H groups in total. The van der Waals surface area contributed by atoms with Crippen molar-refractivity contribution >= 4 is 28.9 Å². The zero-order chi connectivity index (χ0) is 11.4. The third-order valence-corrected chi connectivity index (χ3v) is 2.31. The van der Waals surface area contributed by atoms with Crippen molar-refractivity contribution in [2.24, 2.45) is 11.7 Å². The number of rotatable bonds is 3. The molecule has 0 radical (unpaired) electrons. The Morgan fingerprint density at radius 3 is 2.80 bits per heavy atom. The highest BCUT2D eigenvalue weighted by molar-refractivity contribution is 7.80. The topological polar surface area (TPSA) is 68.0 Å². The number of pyridine rings is 1. The van der Waals surface area contributed by atoms with Crippen molar-refractivity contribution in [2.75, 3.05) is 5.32 Å². The minimum Gasteiger partial charge on any atom is -0.393 e. The molecule has 0 fully saturated rings. The summed E-state index contributed by atoms with van der Waals surface area (Å²) in [4.78, 5) is 15.9. The predicted octanol–water partition coefficient (Wildman–Crippen LogP) is 1.25. The van der Waals surface area contributed by atoms with Crippen molar-refractivity contribution in [1.82, 2.24) is 4.98 Å². The van der Waals surface area contributed by atoms with Gasteiger partial charge in [-0.1, -0.05) is 18.3 Å². The van der Waals surface area contributed by atoms with E-state index in [4.69, 9.17) is 18.0 Å². The third kappa shape index (κ3) is 3.28. The van der Waals surface area contributed by atoms with Crippen LogP contribution in [-0.2, 0) is 4.79 Å². The Hall–Kier alpha value is -1.49. The third-order valence-electron chi connectivity index (χ3n) is 1.96. The Balaban J connectivity index is 2.70. The number of anilines is 1. The van der Waals surface area contributed by atoms with Gasteiger partial charge >= 0.3 is 0 Å². The van der Waals surface area contributed by atoms with Crippen molar-refractivity contribution in [3.8, 4) is 0 Å². The number of aromatic nitrogens is 1. The van der Waals surface area contributed by atoms with E-state index in [1.165, 1.54) is 0 Å². The first-order chi connectivity index (χ1) is 7.00. The second kappa shape index (κ2) is 4.84. The quantitative estimate of drug-likeness (QED) is 0.757. The van der Waals surface area contributed by atoms with Crippen LogP contribution in [0, 0.1) is 12.8 Å². The van der Waals surface area contributed by atoms with Gasteiger partial charge in [-0.25, -0.2) is 4.98 Å². The van der Waals surface area contributed by atoms with E-state index in [0.29, 0.717) is 5.82 Å². The first-order valence-corrected chi connectivity index (χ1v) is 4.95. The molecule has 0 saturated heterocycles. The summed E-state index contributed by atoms with van der Waals surface area (Å²) in [6, 6.07) is 5.40. The van der Waals surface area contributed by atoms with Crippen LogP contribution in [0.1, 0.15) is 12.6 Å². The van der Waals surface area contributed by atoms with Crippen molar-refractivity contribution in [2.45, 2.75) is 13.8 Å². The second-order valence-electron chi connectivity index (χ2n) is 3.28. The maximum Gasteiger partial charge on any atom is 0.235 e. The molecule has 80 valence electrons. The number of nitrogens with zero attached hydrogens (tertiary/aromatic N) is 1. The fourth-order valence-corrected chi connectivity index (χ4v) is 1.08. The average molecular weight is 223 g/mol. The van der Waals surface area contributed by atoms with E-state index in [9.17, 15) is 4.79 Å². The van der Waals surface area contributed by atoms with Crippen LogP contribution < -0.4 is 11.1 Å². The van der Waals surface area contributed by atoms with Crippen LogP contribution in [0.25, 0.3) is 0 Å². The summed E-state index contributed by atoms with van der Waals surface area (Å²) >= 11 is 4.73. The first-order valence-electron chi connectivity index (χ1n) is 4.54. The maximum atomic E-state index is 11.5. The lowest BCUT2D eigenvalue weighted by molar-refractivity contribution is -0.117. The summed E-state index contributed by atoms with van der Waals surface area (Å²) < 4.78 is 0. The molecule has 0 aliphatic heterocycles.